The third kappa shape index (κ3) is 5.57. The topological polar surface area (TPSA) is 36.2 Å². The first kappa shape index (κ1) is 13.8. The molecular formula is C14H23NO2. The molecule has 0 spiro atoms. The third-order valence-corrected chi connectivity index (χ3v) is 2.85. The van der Waals surface area contributed by atoms with Gasteiger partial charge in [0.15, 0.2) is 6.20 Å². The first-order valence-electron chi connectivity index (χ1n) is 6.55. The molecule has 1 aromatic rings. The summed E-state index contributed by atoms with van der Waals surface area (Å²) in [6.45, 7) is 5.01. The minimum Gasteiger partial charge on any atom is -0.616 e. The van der Waals surface area contributed by atoms with Gasteiger partial charge in [-0.05, 0) is 18.4 Å². The Hall–Kier alpha value is -1.25. The van der Waals surface area contributed by atoms with Gasteiger partial charge in [-0.3, -0.25) is 0 Å². The van der Waals surface area contributed by atoms with Crippen LogP contribution in [0.3, 0.4) is 0 Å². The van der Waals surface area contributed by atoms with E-state index in [0.717, 1.165) is 4.73 Å². The Bertz CT molecular complexity index is 315. The zero-order chi connectivity index (χ0) is 12.5. The van der Waals surface area contributed by atoms with Gasteiger partial charge in [-0.2, -0.15) is 0 Å². The van der Waals surface area contributed by atoms with Gasteiger partial charge in [0, 0.05) is 6.07 Å². The van der Waals surface area contributed by atoms with Crippen LogP contribution in [0, 0.1) is 11.1 Å². The highest BCUT2D eigenvalue weighted by Crippen LogP contribution is 2.12. The number of nitrogens with zero attached hydrogens (tertiary/aromatic N) is 1. The van der Waals surface area contributed by atoms with E-state index in [1.165, 1.54) is 38.3 Å². The number of ether oxygens (including phenoxy) is 1. The van der Waals surface area contributed by atoms with E-state index in [4.69, 9.17) is 4.74 Å². The normalized spacial score (nSPS) is 12.4. The summed E-state index contributed by atoms with van der Waals surface area (Å²) >= 11 is 0. The smallest absolute Gasteiger partial charge is 0.379 e. The summed E-state index contributed by atoms with van der Waals surface area (Å²) in [6.07, 6.45) is 7.77. The summed E-state index contributed by atoms with van der Waals surface area (Å²) in [4.78, 5) is 0. The fourth-order valence-corrected chi connectivity index (χ4v) is 1.75. The molecule has 17 heavy (non-hydrogen) atoms. The van der Waals surface area contributed by atoms with E-state index in [1.807, 2.05) is 6.07 Å². The van der Waals surface area contributed by atoms with Gasteiger partial charge in [-0.15, -0.1) is 4.73 Å². The molecule has 1 atom stereocenters. The van der Waals surface area contributed by atoms with Crippen molar-refractivity contribution >= 4 is 0 Å². The maximum absolute atomic E-state index is 11.3. The van der Waals surface area contributed by atoms with E-state index >= 15 is 0 Å². The number of hydrogen-bond acceptors (Lipinski definition) is 2. The molecule has 0 aromatic carbocycles. The molecule has 0 amide bonds. The second-order valence-electron chi connectivity index (χ2n) is 4.63. The summed E-state index contributed by atoms with van der Waals surface area (Å²) < 4.78 is 6.27. The molecule has 0 aliphatic heterocycles. The fourth-order valence-electron chi connectivity index (χ4n) is 1.75. The number of unbranched alkanes of at least 4 members (excludes halogenated alkanes) is 3. The fraction of sp³-hybridized carbons (Fsp3) is 0.643. The monoisotopic (exact) mass is 237 g/mol. The average molecular weight is 237 g/mol. The minimum atomic E-state index is 0.396. The van der Waals surface area contributed by atoms with Crippen LogP contribution in [-0.2, 0) is 0 Å². The summed E-state index contributed by atoms with van der Waals surface area (Å²) in [5, 5.41) is 11.3. The zero-order valence-corrected chi connectivity index (χ0v) is 10.9. The molecule has 1 heterocycles. The standard InChI is InChI=1S/C14H23NO2/c1-3-4-5-6-9-13(2)12-17-14-10-7-8-11-15(14)16/h7-8,10-11,13H,3-6,9,12H2,1-2H3. The van der Waals surface area contributed by atoms with Crippen molar-refractivity contribution < 1.29 is 9.47 Å². The van der Waals surface area contributed by atoms with Crippen molar-refractivity contribution in [2.24, 2.45) is 5.92 Å². The largest absolute Gasteiger partial charge is 0.616 e. The van der Waals surface area contributed by atoms with E-state index in [9.17, 15) is 5.21 Å². The van der Waals surface area contributed by atoms with Gasteiger partial charge in [0.2, 0.25) is 0 Å². The Morgan fingerprint density at radius 1 is 1.29 bits per heavy atom. The Kier molecular flexibility index (Phi) is 6.45. The van der Waals surface area contributed by atoms with Crippen LogP contribution in [0.4, 0.5) is 0 Å². The molecule has 0 saturated heterocycles. The summed E-state index contributed by atoms with van der Waals surface area (Å²) in [7, 11) is 0. The highest BCUT2D eigenvalue weighted by Gasteiger charge is 2.08. The third-order valence-electron chi connectivity index (χ3n) is 2.85. The SMILES string of the molecule is CCCCCCC(C)COc1cccc[n+]1[O-]. The number of pyridine rings is 1. The van der Waals surface area contributed by atoms with Gasteiger partial charge in [0.25, 0.3) is 0 Å². The lowest BCUT2D eigenvalue weighted by Crippen LogP contribution is -2.29. The highest BCUT2D eigenvalue weighted by molar-refractivity contribution is 5.02. The van der Waals surface area contributed by atoms with Gasteiger partial charge in [0.1, 0.15) is 0 Å². The van der Waals surface area contributed by atoms with E-state index in [1.54, 1.807) is 12.1 Å². The number of rotatable bonds is 8. The predicted molar refractivity (Wildman–Crippen MR) is 68.8 cm³/mol. The summed E-state index contributed by atoms with van der Waals surface area (Å²) in [6, 6.07) is 5.22. The van der Waals surface area contributed by atoms with Crippen molar-refractivity contribution in [2.45, 2.75) is 46.0 Å². The number of aromatic nitrogens is 1. The van der Waals surface area contributed by atoms with Crippen molar-refractivity contribution in [1.82, 2.24) is 0 Å². The van der Waals surface area contributed by atoms with Crippen molar-refractivity contribution in [3.8, 4) is 5.88 Å². The number of hydrogen-bond donors (Lipinski definition) is 0. The molecule has 1 rings (SSSR count). The van der Waals surface area contributed by atoms with E-state index < -0.39 is 0 Å². The Morgan fingerprint density at radius 3 is 2.82 bits per heavy atom. The average Bonchev–Trinajstić information content (AvgIpc) is 2.34. The maximum atomic E-state index is 11.3. The molecule has 1 aromatic heterocycles. The molecule has 96 valence electrons. The van der Waals surface area contributed by atoms with Gasteiger partial charge >= 0.3 is 5.88 Å². The molecular weight excluding hydrogens is 214 g/mol. The summed E-state index contributed by atoms with van der Waals surface area (Å²) in [5.41, 5.74) is 0. The lowest BCUT2D eigenvalue weighted by Gasteiger charge is -2.12. The molecule has 0 radical (unpaired) electrons. The first-order chi connectivity index (χ1) is 8.24. The van der Waals surface area contributed by atoms with Crippen molar-refractivity contribution in [3.05, 3.63) is 29.6 Å². The van der Waals surface area contributed by atoms with E-state index in [-0.39, 0.29) is 0 Å². The second kappa shape index (κ2) is 7.93. The van der Waals surface area contributed by atoms with Crippen molar-refractivity contribution in [1.29, 1.82) is 0 Å². The first-order valence-corrected chi connectivity index (χ1v) is 6.55. The molecule has 0 aliphatic rings. The quantitative estimate of drug-likeness (QED) is 0.395. The predicted octanol–water partition coefficient (Wildman–Crippen LogP) is 3.31. The van der Waals surface area contributed by atoms with Gasteiger partial charge < -0.3 is 9.94 Å². The van der Waals surface area contributed by atoms with E-state index in [2.05, 4.69) is 13.8 Å². The Morgan fingerprint density at radius 2 is 2.12 bits per heavy atom. The lowest BCUT2D eigenvalue weighted by atomic mass is 10.0. The molecule has 0 bridgehead atoms. The van der Waals surface area contributed by atoms with E-state index in [0.29, 0.717) is 18.4 Å². The van der Waals surface area contributed by atoms with Crippen LogP contribution in [0.5, 0.6) is 5.88 Å². The Balaban J connectivity index is 2.19. The molecule has 1 unspecified atom stereocenters. The molecule has 0 aliphatic carbocycles. The highest BCUT2D eigenvalue weighted by atomic mass is 16.5. The summed E-state index contributed by atoms with van der Waals surface area (Å²) in [5.74, 6) is 0.903. The van der Waals surface area contributed by atoms with Crippen LogP contribution < -0.4 is 9.47 Å². The Labute approximate surface area is 104 Å². The molecule has 0 saturated carbocycles. The van der Waals surface area contributed by atoms with Gasteiger partial charge in [-0.1, -0.05) is 39.5 Å². The molecule has 0 fully saturated rings. The van der Waals surface area contributed by atoms with Crippen LogP contribution in [-0.4, -0.2) is 6.61 Å². The van der Waals surface area contributed by atoms with Crippen LogP contribution in [0.1, 0.15) is 46.0 Å². The maximum Gasteiger partial charge on any atom is 0.379 e. The van der Waals surface area contributed by atoms with Gasteiger partial charge in [-0.25, -0.2) is 0 Å². The van der Waals surface area contributed by atoms with Crippen LogP contribution >= 0.6 is 0 Å². The van der Waals surface area contributed by atoms with Crippen LogP contribution in [0.25, 0.3) is 0 Å². The minimum absolute atomic E-state index is 0.396. The van der Waals surface area contributed by atoms with Crippen LogP contribution in [0.15, 0.2) is 24.4 Å². The zero-order valence-electron chi connectivity index (χ0n) is 10.9. The molecule has 3 heteroatoms. The molecule has 3 nitrogen and oxygen atoms in total. The second-order valence-corrected chi connectivity index (χ2v) is 4.63. The van der Waals surface area contributed by atoms with Crippen molar-refractivity contribution in [3.63, 3.8) is 0 Å². The molecule has 0 N–H and O–H groups in total. The van der Waals surface area contributed by atoms with Gasteiger partial charge in [0.05, 0.1) is 12.7 Å². The lowest BCUT2D eigenvalue weighted by molar-refractivity contribution is -0.613. The van der Waals surface area contributed by atoms with Crippen molar-refractivity contribution in [2.75, 3.05) is 6.61 Å². The van der Waals surface area contributed by atoms with Crippen LogP contribution in [0.2, 0.25) is 0 Å².